The first-order chi connectivity index (χ1) is 16.4. The number of nitrogens with one attached hydrogen (secondary N) is 1. The van der Waals surface area contributed by atoms with E-state index >= 15 is 0 Å². The molecule has 2 aromatic carbocycles. The second-order valence-electron chi connectivity index (χ2n) is 7.34. The molecular weight excluding hydrogens is 448 g/mol. The number of halogens is 2. The fourth-order valence-corrected chi connectivity index (χ4v) is 3.16. The molecule has 34 heavy (non-hydrogen) atoms. The van der Waals surface area contributed by atoms with Gasteiger partial charge in [0.1, 0.15) is 17.4 Å². The summed E-state index contributed by atoms with van der Waals surface area (Å²) in [6.45, 7) is 1.68. The lowest BCUT2D eigenvalue weighted by molar-refractivity contribution is -0.154. The van der Waals surface area contributed by atoms with E-state index in [0.29, 0.717) is 11.3 Å². The van der Waals surface area contributed by atoms with E-state index in [-0.39, 0.29) is 35.9 Å². The van der Waals surface area contributed by atoms with Crippen LogP contribution in [-0.2, 0) is 20.7 Å². The van der Waals surface area contributed by atoms with Gasteiger partial charge in [0.05, 0.1) is 18.2 Å². The van der Waals surface area contributed by atoms with Crippen molar-refractivity contribution in [2.75, 3.05) is 5.32 Å². The molecule has 0 saturated heterocycles. The molecule has 8 nitrogen and oxygen atoms in total. The van der Waals surface area contributed by atoms with Crippen LogP contribution in [0.5, 0.6) is 0 Å². The maximum absolute atomic E-state index is 13.9. The Kier molecular flexibility index (Phi) is 6.77. The van der Waals surface area contributed by atoms with Gasteiger partial charge >= 0.3 is 5.97 Å². The highest BCUT2D eigenvalue weighted by atomic mass is 19.1. The Morgan fingerprint density at radius 2 is 1.91 bits per heavy atom. The molecule has 174 valence electrons. The molecule has 4 aromatic rings. The number of amides is 1. The van der Waals surface area contributed by atoms with Crippen LogP contribution in [0.4, 0.5) is 14.6 Å². The van der Waals surface area contributed by atoms with E-state index in [0.717, 1.165) is 12.1 Å². The molecular formula is C24H19F2N3O5. The molecule has 0 spiro atoms. The summed E-state index contributed by atoms with van der Waals surface area (Å²) in [6.07, 6.45) is -0.0326. The standard InChI is InChI=1S/C24H19F2N3O5/c1-14-11-20(29-34-14)28-24(31)23(15-5-3-2-4-6-15)33-22(30)10-9-21-27-13-19(32-21)17-8-7-16(25)12-18(17)26/h2-8,11-13,23H,9-10H2,1H3,(H,28,29,31). The lowest BCUT2D eigenvalue weighted by Crippen LogP contribution is -2.26. The molecule has 1 amide bonds. The summed E-state index contributed by atoms with van der Waals surface area (Å²) in [6, 6.07) is 13.1. The van der Waals surface area contributed by atoms with Gasteiger partial charge in [-0.15, -0.1) is 0 Å². The van der Waals surface area contributed by atoms with Crippen LogP contribution in [-0.4, -0.2) is 22.0 Å². The van der Waals surface area contributed by atoms with E-state index in [1.54, 1.807) is 37.3 Å². The molecule has 0 radical (unpaired) electrons. The molecule has 0 aliphatic heterocycles. The molecule has 1 unspecified atom stereocenters. The minimum absolute atomic E-state index is 0.0478. The van der Waals surface area contributed by atoms with Crippen molar-refractivity contribution in [2.24, 2.45) is 0 Å². The number of nitrogens with zero attached hydrogens (tertiary/aromatic N) is 2. The molecule has 0 saturated carbocycles. The van der Waals surface area contributed by atoms with Crippen molar-refractivity contribution in [2.45, 2.75) is 25.9 Å². The first-order valence-corrected chi connectivity index (χ1v) is 10.3. The molecule has 1 N–H and O–H groups in total. The number of ether oxygens (including phenoxy) is 1. The van der Waals surface area contributed by atoms with Gasteiger partial charge in [0.25, 0.3) is 5.91 Å². The Labute approximate surface area is 192 Å². The highest BCUT2D eigenvalue weighted by Crippen LogP contribution is 2.25. The van der Waals surface area contributed by atoms with Crippen molar-refractivity contribution in [1.29, 1.82) is 0 Å². The summed E-state index contributed by atoms with van der Waals surface area (Å²) < 4.78 is 42.9. The monoisotopic (exact) mass is 467 g/mol. The van der Waals surface area contributed by atoms with Crippen molar-refractivity contribution in [3.8, 4) is 11.3 Å². The number of hydrogen-bond donors (Lipinski definition) is 1. The van der Waals surface area contributed by atoms with Crippen LogP contribution in [0.1, 0.15) is 29.7 Å². The smallest absolute Gasteiger partial charge is 0.307 e. The van der Waals surface area contributed by atoms with Crippen molar-refractivity contribution < 1.29 is 32.0 Å². The number of rotatable bonds is 8. The molecule has 0 bridgehead atoms. The third-order valence-electron chi connectivity index (χ3n) is 4.76. The van der Waals surface area contributed by atoms with Crippen molar-refractivity contribution >= 4 is 17.7 Å². The van der Waals surface area contributed by atoms with Crippen LogP contribution in [0.25, 0.3) is 11.3 Å². The predicted octanol–water partition coefficient (Wildman–Crippen LogP) is 4.77. The zero-order valence-electron chi connectivity index (χ0n) is 18.0. The lowest BCUT2D eigenvalue weighted by Gasteiger charge is -2.17. The maximum atomic E-state index is 13.9. The number of hydrogen-bond acceptors (Lipinski definition) is 7. The SMILES string of the molecule is Cc1cc(NC(=O)C(OC(=O)CCc2ncc(-c3ccc(F)cc3F)o2)c2ccccc2)no1. The van der Waals surface area contributed by atoms with Crippen LogP contribution in [0.2, 0.25) is 0 Å². The molecule has 4 rings (SSSR count). The van der Waals surface area contributed by atoms with E-state index in [1.807, 2.05) is 0 Å². The molecule has 2 aromatic heterocycles. The maximum Gasteiger partial charge on any atom is 0.307 e. The summed E-state index contributed by atoms with van der Waals surface area (Å²) in [5.74, 6) is -1.80. The van der Waals surface area contributed by atoms with E-state index < -0.39 is 29.6 Å². The topological polar surface area (TPSA) is 107 Å². The largest absolute Gasteiger partial charge is 0.447 e. The molecule has 0 aliphatic rings. The van der Waals surface area contributed by atoms with Gasteiger partial charge in [-0.05, 0) is 19.1 Å². The van der Waals surface area contributed by atoms with E-state index in [1.165, 1.54) is 18.3 Å². The predicted molar refractivity (Wildman–Crippen MR) is 115 cm³/mol. The van der Waals surface area contributed by atoms with Gasteiger partial charge in [-0.25, -0.2) is 13.8 Å². The summed E-state index contributed by atoms with van der Waals surface area (Å²) in [4.78, 5) is 29.3. The van der Waals surface area contributed by atoms with Crippen LogP contribution >= 0.6 is 0 Å². The van der Waals surface area contributed by atoms with Crippen LogP contribution in [0.15, 0.2) is 69.7 Å². The Bertz CT molecular complexity index is 1300. The van der Waals surface area contributed by atoms with Crippen molar-refractivity contribution in [3.63, 3.8) is 0 Å². The Hall–Kier alpha value is -4.34. The van der Waals surface area contributed by atoms with Crippen LogP contribution in [0, 0.1) is 18.6 Å². The number of aromatic nitrogens is 2. The third-order valence-corrected chi connectivity index (χ3v) is 4.76. The summed E-state index contributed by atoms with van der Waals surface area (Å²) in [5.41, 5.74) is 0.519. The van der Waals surface area contributed by atoms with Gasteiger partial charge in [0.15, 0.2) is 17.5 Å². The molecule has 0 fully saturated rings. The average molecular weight is 467 g/mol. The fourth-order valence-electron chi connectivity index (χ4n) is 3.16. The number of anilines is 1. The van der Waals surface area contributed by atoms with E-state index in [9.17, 15) is 18.4 Å². The lowest BCUT2D eigenvalue weighted by atomic mass is 10.1. The summed E-state index contributed by atoms with van der Waals surface area (Å²) in [5, 5.41) is 6.27. The normalized spacial score (nSPS) is 11.7. The zero-order chi connectivity index (χ0) is 24.1. The van der Waals surface area contributed by atoms with Crippen LogP contribution < -0.4 is 5.32 Å². The Balaban J connectivity index is 1.41. The van der Waals surface area contributed by atoms with E-state index in [4.69, 9.17) is 13.7 Å². The molecule has 0 aliphatic carbocycles. The van der Waals surface area contributed by atoms with Crippen molar-refractivity contribution in [1.82, 2.24) is 10.1 Å². The molecule has 1 atom stereocenters. The first-order valence-electron chi connectivity index (χ1n) is 10.3. The Morgan fingerprint density at radius 3 is 2.62 bits per heavy atom. The summed E-state index contributed by atoms with van der Waals surface area (Å²) >= 11 is 0. The molecule has 10 heteroatoms. The highest BCUT2D eigenvalue weighted by molar-refractivity contribution is 5.95. The first kappa shape index (κ1) is 22.8. The van der Waals surface area contributed by atoms with Gasteiger partial charge in [-0.2, -0.15) is 0 Å². The number of carbonyl (C=O) groups is 2. The van der Waals surface area contributed by atoms with Gasteiger partial charge in [0, 0.05) is 24.1 Å². The van der Waals surface area contributed by atoms with Gasteiger partial charge < -0.3 is 19.0 Å². The number of carbonyl (C=O) groups excluding carboxylic acids is 2. The molecule has 2 heterocycles. The number of benzene rings is 2. The average Bonchev–Trinajstić information content (AvgIpc) is 3.45. The fraction of sp³-hybridized carbons (Fsp3) is 0.167. The Morgan fingerprint density at radius 1 is 1.12 bits per heavy atom. The minimum atomic E-state index is -1.22. The second kappa shape index (κ2) is 10.1. The van der Waals surface area contributed by atoms with Gasteiger partial charge in [-0.3, -0.25) is 9.59 Å². The highest BCUT2D eigenvalue weighted by Gasteiger charge is 2.26. The van der Waals surface area contributed by atoms with Gasteiger partial charge in [-0.1, -0.05) is 35.5 Å². The van der Waals surface area contributed by atoms with E-state index in [2.05, 4.69) is 15.5 Å². The zero-order valence-corrected chi connectivity index (χ0v) is 18.0. The number of esters is 1. The quantitative estimate of drug-likeness (QED) is 0.372. The minimum Gasteiger partial charge on any atom is -0.447 e. The van der Waals surface area contributed by atoms with Crippen molar-refractivity contribution in [3.05, 3.63) is 89.6 Å². The van der Waals surface area contributed by atoms with Crippen LogP contribution in [0.3, 0.4) is 0 Å². The third kappa shape index (κ3) is 5.52. The number of aryl methyl sites for hydroxylation is 2. The second-order valence-corrected chi connectivity index (χ2v) is 7.34. The van der Waals surface area contributed by atoms with Gasteiger partial charge in [0.2, 0.25) is 6.10 Å². The summed E-state index contributed by atoms with van der Waals surface area (Å²) in [7, 11) is 0. The number of oxazole rings is 1.